The van der Waals surface area contributed by atoms with Crippen molar-refractivity contribution in [2.45, 2.75) is 13.0 Å². The first-order valence-electron chi connectivity index (χ1n) is 8.14. The number of amides is 2. The number of benzene rings is 1. The van der Waals surface area contributed by atoms with E-state index in [0.29, 0.717) is 38.6 Å². The van der Waals surface area contributed by atoms with E-state index in [0.717, 1.165) is 22.6 Å². The van der Waals surface area contributed by atoms with Crippen molar-refractivity contribution < 1.29 is 19.0 Å². The zero-order chi connectivity index (χ0) is 17.5. The molecule has 0 radical (unpaired) electrons. The SMILES string of the molecule is COc1ncccc1CNC(=O)NCCc1ccc2c(c1)OCCO2. The summed E-state index contributed by atoms with van der Waals surface area (Å²) in [4.78, 5) is 16.0. The van der Waals surface area contributed by atoms with E-state index in [9.17, 15) is 4.79 Å². The summed E-state index contributed by atoms with van der Waals surface area (Å²) in [5.74, 6) is 2.04. The molecule has 2 aromatic rings. The fourth-order valence-electron chi connectivity index (χ4n) is 2.54. The summed E-state index contributed by atoms with van der Waals surface area (Å²) in [6.45, 7) is 2.02. The third-order valence-corrected chi connectivity index (χ3v) is 3.79. The molecule has 0 spiro atoms. The molecule has 2 heterocycles. The Morgan fingerprint density at radius 2 is 2.04 bits per heavy atom. The Kier molecular flexibility index (Phi) is 5.56. The smallest absolute Gasteiger partial charge is 0.315 e. The molecule has 0 saturated carbocycles. The molecule has 7 nitrogen and oxygen atoms in total. The maximum absolute atomic E-state index is 11.9. The number of aromatic nitrogens is 1. The molecule has 0 atom stereocenters. The van der Waals surface area contributed by atoms with Crippen molar-refractivity contribution in [1.82, 2.24) is 15.6 Å². The van der Waals surface area contributed by atoms with Crippen LogP contribution in [0.25, 0.3) is 0 Å². The van der Waals surface area contributed by atoms with Crippen molar-refractivity contribution in [2.24, 2.45) is 0 Å². The van der Waals surface area contributed by atoms with Crippen molar-refractivity contribution >= 4 is 6.03 Å². The first-order valence-corrected chi connectivity index (χ1v) is 8.14. The summed E-state index contributed by atoms with van der Waals surface area (Å²) in [6.07, 6.45) is 2.36. The van der Waals surface area contributed by atoms with Gasteiger partial charge in [0.05, 0.1) is 7.11 Å². The van der Waals surface area contributed by atoms with E-state index in [4.69, 9.17) is 14.2 Å². The van der Waals surface area contributed by atoms with E-state index in [-0.39, 0.29) is 6.03 Å². The summed E-state index contributed by atoms with van der Waals surface area (Å²) in [5.41, 5.74) is 1.91. The van der Waals surface area contributed by atoms with Crippen LogP contribution in [0, 0.1) is 0 Å². The van der Waals surface area contributed by atoms with Gasteiger partial charge in [-0.15, -0.1) is 0 Å². The molecule has 25 heavy (non-hydrogen) atoms. The monoisotopic (exact) mass is 343 g/mol. The maximum Gasteiger partial charge on any atom is 0.315 e. The molecule has 0 saturated heterocycles. The van der Waals surface area contributed by atoms with Gasteiger partial charge in [0.25, 0.3) is 0 Å². The minimum atomic E-state index is -0.233. The number of carbonyl (C=O) groups excluding carboxylic acids is 1. The van der Waals surface area contributed by atoms with Gasteiger partial charge in [0, 0.05) is 24.8 Å². The molecule has 3 rings (SSSR count). The fraction of sp³-hybridized carbons (Fsp3) is 0.333. The lowest BCUT2D eigenvalue weighted by atomic mass is 10.1. The molecular formula is C18H21N3O4. The van der Waals surface area contributed by atoms with Gasteiger partial charge in [-0.05, 0) is 30.2 Å². The van der Waals surface area contributed by atoms with Gasteiger partial charge in [-0.25, -0.2) is 9.78 Å². The van der Waals surface area contributed by atoms with Crippen molar-refractivity contribution in [1.29, 1.82) is 0 Å². The molecule has 1 aliphatic heterocycles. The molecular weight excluding hydrogens is 322 g/mol. The van der Waals surface area contributed by atoms with E-state index in [1.165, 1.54) is 0 Å². The lowest BCUT2D eigenvalue weighted by molar-refractivity contribution is 0.171. The highest BCUT2D eigenvalue weighted by Gasteiger charge is 2.11. The fourth-order valence-corrected chi connectivity index (χ4v) is 2.54. The van der Waals surface area contributed by atoms with E-state index in [1.807, 2.05) is 24.3 Å². The summed E-state index contributed by atoms with van der Waals surface area (Å²) < 4.78 is 16.2. The van der Waals surface area contributed by atoms with Gasteiger partial charge in [0.1, 0.15) is 13.2 Å². The maximum atomic E-state index is 11.9. The molecule has 0 fully saturated rings. The number of hydrogen-bond donors (Lipinski definition) is 2. The number of carbonyl (C=O) groups is 1. The molecule has 1 aromatic carbocycles. The van der Waals surface area contributed by atoms with E-state index < -0.39 is 0 Å². The second kappa shape index (κ2) is 8.23. The van der Waals surface area contributed by atoms with Gasteiger partial charge in [-0.1, -0.05) is 12.1 Å². The van der Waals surface area contributed by atoms with Crippen molar-refractivity contribution in [2.75, 3.05) is 26.9 Å². The van der Waals surface area contributed by atoms with Crippen LogP contribution in [0.1, 0.15) is 11.1 Å². The average Bonchev–Trinajstić information content (AvgIpc) is 2.66. The van der Waals surface area contributed by atoms with Crippen LogP contribution in [-0.4, -0.2) is 37.9 Å². The van der Waals surface area contributed by atoms with Crippen LogP contribution in [0.15, 0.2) is 36.5 Å². The van der Waals surface area contributed by atoms with Crippen LogP contribution in [0.4, 0.5) is 4.79 Å². The predicted octanol–water partition coefficient (Wildman–Crippen LogP) is 1.90. The second-order valence-electron chi connectivity index (χ2n) is 5.51. The van der Waals surface area contributed by atoms with Crippen LogP contribution in [0.5, 0.6) is 17.4 Å². The quantitative estimate of drug-likeness (QED) is 0.837. The highest BCUT2D eigenvalue weighted by atomic mass is 16.6. The van der Waals surface area contributed by atoms with Crippen molar-refractivity contribution in [3.63, 3.8) is 0 Å². The second-order valence-corrected chi connectivity index (χ2v) is 5.51. The average molecular weight is 343 g/mol. The van der Waals surface area contributed by atoms with Crippen LogP contribution >= 0.6 is 0 Å². The Balaban J connectivity index is 1.43. The normalized spacial score (nSPS) is 12.4. The number of nitrogens with one attached hydrogen (secondary N) is 2. The predicted molar refractivity (Wildman–Crippen MR) is 92.2 cm³/mol. The van der Waals surface area contributed by atoms with Crippen LogP contribution in [0.2, 0.25) is 0 Å². The molecule has 0 unspecified atom stereocenters. The number of fused-ring (bicyclic) bond motifs is 1. The Labute approximate surface area is 146 Å². The van der Waals surface area contributed by atoms with Gasteiger partial charge >= 0.3 is 6.03 Å². The van der Waals surface area contributed by atoms with E-state index in [1.54, 1.807) is 19.4 Å². The zero-order valence-corrected chi connectivity index (χ0v) is 14.1. The Hall–Kier alpha value is -2.96. The largest absolute Gasteiger partial charge is 0.486 e. The molecule has 0 bridgehead atoms. The van der Waals surface area contributed by atoms with Crippen molar-refractivity contribution in [3.05, 3.63) is 47.7 Å². The molecule has 2 N–H and O–H groups in total. The highest BCUT2D eigenvalue weighted by molar-refractivity contribution is 5.73. The lowest BCUT2D eigenvalue weighted by Gasteiger charge is -2.18. The molecule has 1 aliphatic rings. The topological polar surface area (TPSA) is 81.7 Å². The number of rotatable bonds is 6. The van der Waals surface area contributed by atoms with E-state index >= 15 is 0 Å². The number of pyridine rings is 1. The minimum Gasteiger partial charge on any atom is -0.486 e. The van der Waals surface area contributed by atoms with Gasteiger partial charge in [0.15, 0.2) is 11.5 Å². The summed E-state index contributed by atoms with van der Waals surface area (Å²) in [6, 6.07) is 9.27. The molecule has 1 aromatic heterocycles. The van der Waals surface area contributed by atoms with Gasteiger partial charge in [-0.3, -0.25) is 0 Å². The number of methoxy groups -OCH3 is 1. The Morgan fingerprint density at radius 1 is 1.20 bits per heavy atom. The summed E-state index contributed by atoms with van der Waals surface area (Å²) >= 11 is 0. The highest BCUT2D eigenvalue weighted by Crippen LogP contribution is 2.30. The number of nitrogens with zero attached hydrogens (tertiary/aromatic N) is 1. The summed E-state index contributed by atoms with van der Waals surface area (Å²) in [7, 11) is 1.55. The standard InChI is InChI=1S/C18H21N3O4/c1-23-17-14(3-2-7-19-17)12-21-18(22)20-8-6-13-4-5-15-16(11-13)25-10-9-24-15/h2-5,7,11H,6,8-10,12H2,1H3,(H2,20,21,22). The third-order valence-electron chi connectivity index (χ3n) is 3.79. The van der Waals surface area contributed by atoms with Crippen LogP contribution in [-0.2, 0) is 13.0 Å². The number of ether oxygens (including phenoxy) is 3. The van der Waals surface area contributed by atoms with Crippen LogP contribution in [0.3, 0.4) is 0 Å². The minimum absolute atomic E-state index is 0.233. The Bertz CT molecular complexity index is 736. The Morgan fingerprint density at radius 3 is 2.88 bits per heavy atom. The number of hydrogen-bond acceptors (Lipinski definition) is 5. The number of urea groups is 1. The third kappa shape index (κ3) is 4.53. The summed E-state index contributed by atoms with van der Waals surface area (Å²) in [5, 5.41) is 5.63. The van der Waals surface area contributed by atoms with Crippen LogP contribution < -0.4 is 24.8 Å². The van der Waals surface area contributed by atoms with Crippen molar-refractivity contribution in [3.8, 4) is 17.4 Å². The van der Waals surface area contributed by atoms with E-state index in [2.05, 4.69) is 15.6 Å². The molecule has 7 heteroatoms. The first kappa shape index (κ1) is 16.9. The van der Waals surface area contributed by atoms with Gasteiger partial charge < -0.3 is 24.8 Å². The first-order chi connectivity index (χ1) is 12.3. The lowest BCUT2D eigenvalue weighted by Crippen LogP contribution is -2.36. The molecule has 2 amide bonds. The van der Waals surface area contributed by atoms with Gasteiger partial charge in [-0.2, -0.15) is 0 Å². The molecule has 132 valence electrons. The zero-order valence-electron chi connectivity index (χ0n) is 14.1. The molecule has 0 aliphatic carbocycles. The van der Waals surface area contributed by atoms with Gasteiger partial charge in [0.2, 0.25) is 5.88 Å².